The molecule has 0 bridgehead atoms. The lowest BCUT2D eigenvalue weighted by Gasteiger charge is -2.35. The Bertz CT molecular complexity index is 1660. The molecule has 194 valence electrons. The third kappa shape index (κ3) is 4.56. The summed E-state index contributed by atoms with van der Waals surface area (Å²) in [6.45, 7) is 4.96. The highest BCUT2D eigenvalue weighted by Crippen LogP contribution is 2.33. The number of nitrogens with one attached hydrogen (secondary N) is 1. The van der Waals surface area contributed by atoms with Gasteiger partial charge in [0, 0.05) is 32.3 Å². The topological polar surface area (TPSA) is 114 Å². The van der Waals surface area contributed by atoms with Crippen molar-refractivity contribution in [3.05, 3.63) is 60.6 Å². The molecule has 0 amide bonds. The van der Waals surface area contributed by atoms with Crippen LogP contribution in [0.1, 0.15) is 25.3 Å². The quantitative estimate of drug-likeness (QED) is 0.346. The van der Waals surface area contributed by atoms with Crippen LogP contribution >= 0.6 is 0 Å². The van der Waals surface area contributed by atoms with Crippen LogP contribution in [0.25, 0.3) is 22.1 Å². The van der Waals surface area contributed by atoms with Crippen molar-refractivity contribution in [2.75, 3.05) is 23.3 Å². The van der Waals surface area contributed by atoms with Gasteiger partial charge in [0.2, 0.25) is 5.95 Å². The van der Waals surface area contributed by atoms with Crippen molar-refractivity contribution in [2.24, 2.45) is 7.05 Å². The summed E-state index contributed by atoms with van der Waals surface area (Å²) in [4.78, 5) is 24.1. The number of benzene rings is 2. The molecular weight excluding hydrogens is 487 g/mol. The van der Waals surface area contributed by atoms with Crippen LogP contribution in [0, 0.1) is 12.7 Å². The number of nitrogens with zero attached hydrogens (tertiary/aromatic N) is 7. The van der Waals surface area contributed by atoms with Gasteiger partial charge in [-0.3, -0.25) is 0 Å². The van der Waals surface area contributed by atoms with E-state index in [2.05, 4.69) is 30.2 Å². The molecule has 10 nitrogen and oxygen atoms in total. The third-order valence-corrected chi connectivity index (χ3v) is 6.93. The van der Waals surface area contributed by atoms with Gasteiger partial charge in [0.1, 0.15) is 34.7 Å². The molecule has 0 aliphatic carbocycles. The van der Waals surface area contributed by atoms with Gasteiger partial charge in [-0.25, -0.2) is 29.3 Å². The average Bonchev–Trinajstić information content (AvgIpc) is 3.27. The van der Waals surface area contributed by atoms with E-state index in [1.54, 1.807) is 18.6 Å². The Balaban J connectivity index is 1.26. The summed E-state index contributed by atoms with van der Waals surface area (Å²) < 4.78 is 23.2. The highest BCUT2D eigenvalue weighted by atomic mass is 19.1. The number of hydrogen-bond donors (Lipinski definition) is 2. The number of imidazole rings is 1. The minimum atomic E-state index is -0.681. The number of hydrogen-bond acceptors (Lipinski definition) is 9. The number of aliphatic hydroxyl groups is 1. The van der Waals surface area contributed by atoms with Crippen molar-refractivity contribution >= 4 is 39.5 Å². The van der Waals surface area contributed by atoms with Crippen molar-refractivity contribution in [3.8, 4) is 11.5 Å². The van der Waals surface area contributed by atoms with Crippen molar-refractivity contribution in [1.29, 1.82) is 0 Å². The maximum atomic E-state index is 15.3. The van der Waals surface area contributed by atoms with Gasteiger partial charge in [0.25, 0.3) is 0 Å². The number of fused-ring (bicyclic) bond motifs is 2. The van der Waals surface area contributed by atoms with Gasteiger partial charge in [0.05, 0.1) is 34.8 Å². The summed E-state index contributed by atoms with van der Waals surface area (Å²) in [5, 5.41) is 13.3. The number of anilines is 3. The zero-order valence-corrected chi connectivity index (χ0v) is 21.3. The molecule has 0 unspecified atom stereocenters. The van der Waals surface area contributed by atoms with E-state index < -0.39 is 11.4 Å². The smallest absolute Gasteiger partial charge is 0.226 e. The van der Waals surface area contributed by atoms with E-state index in [1.807, 2.05) is 48.6 Å². The third-order valence-electron chi connectivity index (χ3n) is 6.93. The molecule has 0 radical (unpaired) electrons. The van der Waals surface area contributed by atoms with E-state index in [0.29, 0.717) is 60.2 Å². The summed E-state index contributed by atoms with van der Waals surface area (Å²) in [6.07, 6.45) is 6.01. The van der Waals surface area contributed by atoms with Gasteiger partial charge in [-0.1, -0.05) is 0 Å². The fraction of sp³-hybridized carbons (Fsp3) is 0.296. The van der Waals surface area contributed by atoms with Crippen LogP contribution in [0.3, 0.4) is 0 Å². The van der Waals surface area contributed by atoms with E-state index in [0.717, 1.165) is 16.6 Å². The Kier molecular flexibility index (Phi) is 5.79. The lowest BCUT2D eigenvalue weighted by atomic mass is 9.94. The summed E-state index contributed by atoms with van der Waals surface area (Å²) in [6, 6.07) is 8.60. The number of ether oxygens (including phenoxy) is 1. The molecule has 4 heterocycles. The first-order valence-corrected chi connectivity index (χ1v) is 12.4. The highest BCUT2D eigenvalue weighted by molar-refractivity contribution is 5.87. The number of rotatable bonds is 5. The van der Waals surface area contributed by atoms with Gasteiger partial charge in [-0.05, 0) is 50.5 Å². The minimum Gasteiger partial charge on any atom is -0.457 e. The molecule has 38 heavy (non-hydrogen) atoms. The zero-order chi connectivity index (χ0) is 26.4. The van der Waals surface area contributed by atoms with Gasteiger partial charge >= 0.3 is 0 Å². The molecule has 5 aromatic rings. The van der Waals surface area contributed by atoms with E-state index in [4.69, 9.17) is 4.74 Å². The molecule has 0 saturated carbocycles. The summed E-state index contributed by atoms with van der Waals surface area (Å²) >= 11 is 0. The number of aryl methyl sites for hydroxylation is 2. The standard InChI is InChI=1S/C27H27FN8O2/c1-16-10-19(18(28)12-23(16)38-17-4-5-22-20(11-17)32-15-35(22)3)33-25-24-21(30-14-31-25)13-29-26(34-24)36-8-6-27(2,37)7-9-36/h4-5,10-15,37H,6-9H2,1-3H3,(H,30,31,33). The maximum absolute atomic E-state index is 15.3. The summed E-state index contributed by atoms with van der Waals surface area (Å²) in [7, 11) is 1.92. The van der Waals surface area contributed by atoms with Crippen molar-refractivity contribution in [2.45, 2.75) is 32.3 Å². The van der Waals surface area contributed by atoms with Crippen LogP contribution in [-0.4, -0.2) is 53.3 Å². The van der Waals surface area contributed by atoms with E-state index >= 15 is 4.39 Å². The highest BCUT2D eigenvalue weighted by Gasteiger charge is 2.28. The molecule has 0 atom stereocenters. The predicted molar refractivity (Wildman–Crippen MR) is 142 cm³/mol. The number of aromatic nitrogens is 6. The predicted octanol–water partition coefficient (Wildman–Crippen LogP) is 4.64. The maximum Gasteiger partial charge on any atom is 0.226 e. The van der Waals surface area contributed by atoms with Crippen molar-refractivity contribution < 1.29 is 14.2 Å². The summed E-state index contributed by atoms with van der Waals surface area (Å²) in [5.74, 6) is 1.38. The molecule has 1 aliphatic rings. The Morgan fingerprint density at radius 3 is 2.68 bits per heavy atom. The van der Waals surface area contributed by atoms with Crippen LogP contribution in [-0.2, 0) is 7.05 Å². The SMILES string of the molecule is Cc1cc(Nc2ncnc3cnc(N4CCC(C)(O)CC4)nc23)c(F)cc1Oc1ccc2c(c1)ncn2C. The van der Waals surface area contributed by atoms with Crippen LogP contribution < -0.4 is 15.0 Å². The normalized spacial score (nSPS) is 15.2. The number of halogens is 1. The van der Waals surface area contributed by atoms with Crippen LogP contribution in [0.2, 0.25) is 0 Å². The Morgan fingerprint density at radius 2 is 1.87 bits per heavy atom. The van der Waals surface area contributed by atoms with Gasteiger partial charge in [-0.15, -0.1) is 0 Å². The Morgan fingerprint density at radius 1 is 1.05 bits per heavy atom. The molecule has 3 aromatic heterocycles. The largest absolute Gasteiger partial charge is 0.457 e. The minimum absolute atomic E-state index is 0.240. The lowest BCUT2D eigenvalue weighted by molar-refractivity contribution is 0.0349. The van der Waals surface area contributed by atoms with Gasteiger partial charge in [-0.2, -0.15) is 0 Å². The second-order valence-electron chi connectivity index (χ2n) is 9.94. The van der Waals surface area contributed by atoms with Crippen LogP contribution in [0.4, 0.5) is 21.8 Å². The van der Waals surface area contributed by atoms with E-state index in [9.17, 15) is 5.11 Å². The van der Waals surface area contributed by atoms with Crippen LogP contribution in [0.15, 0.2) is 49.2 Å². The van der Waals surface area contributed by atoms with Crippen molar-refractivity contribution in [3.63, 3.8) is 0 Å². The second-order valence-corrected chi connectivity index (χ2v) is 9.94. The second kappa shape index (κ2) is 9.18. The molecule has 1 saturated heterocycles. The lowest BCUT2D eigenvalue weighted by Crippen LogP contribution is -2.43. The van der Waals surface area contributed by atoms with E-state index in [1.165, 1.54) is 12.4 Å². The Hall–Kier alpha value is -4.38. The fourth-order valence-electron chi connectivity index (χ4n) is 4.58. The van der Waals surface area contributed by atoms with Gasteiger partial charge in [0.15, 0.2) is 5.82 Å². The van der Waals surface area contributed by atoms with Gasteiger partial charge < -0.3 is 24.6 Å². The molecule has 11 heteroatoms. The first kappa shape index (κ1) is 24.0. The van der Waals surface area contributed by atoms with E-state index in [-0.39, 0.29) is 5.69 Å². The zero-order valence-electron chi connectivity index (χ0n) is 21.3. The molecule has 6 rings (SSSR count). The Labute approximate surface area is 218 Å². The molecule has 2 aromatic carbocycles. The fourth-order valence-corrected chi connectivity index (χ4v) is 4.58. The molecule has 1 aliphatic heterocycles. The van der Waals surface area contributed by atoms with Crippen LogP contribution in [0.5, 0.6) is 11.5 Å². The average molecular weight is 515 g/mol. The monoisotopic (exact) mass is 514 g/mol. The molecule has 1 fully saturated rings. The molecular formula is C27H27FN8O2. The first-order chi connectivity index (χ1) is 18.3. The van der Waals surface area contributed by atoms with Crippen molar-refractivity contribution in [1.82, 2.24) is 29.5 Å². The molecule has 2 N–H and O–H groups in total. The first-order valence-electron chi connectivity index (χ1n) is 12.4. The molecule has 0 spiro atoms. The number of piperidine rings is 1. The summed E-state index contributed by atoms with van der Waals surface area (Å²) in [5.41, 5.74) is 3.10.